The molecule has 4 N–H and O–H groups in total. The van der Waals surface area contributed by atoms with E-state index in [0.717, 1.165) is 10.0 Å². The van der Waals surface area contributed by atoms with Gasteiger partial charge in [0.15, 0.2) is 0 Å². The highest BCUT2D eigenvalue weighted by Crippen LogP contribution is 2.24. The zero-order valence-corrected chi connectivity index (χ0v) is 18.6. The van der Waals surface area contributed by atoms with Gasteiger partial charge in [0.25, 0.3) is 5.84 Å². The lowest BCUT2D eigenvalue weighted by molar-refractivity contribution is -0.681. The first-order chi connectivity index (χ1) is 13.5. The molecular formula is C20H16BrIN4O3. The van der Waals surface area contributed by atoms with Gasteiger partial charge >= 0.3 is 5.91 Å². The number of anilines is 1. The fourth-order valence-corrected chi connectivity index (χ4v) is 3.05. The topological polar surface area (TPSA) is 93.0 Å². The number of para-hydroxylation sites is 1. The van der Waals surface area contributed by atoms with Crippen LogP contribution >= 0.6 is 15.9 Å². The number of carbonyl (C=O) groups excluding carboxylic acids is 1. The third kappa shape index (κ3) is 4.36. The Morgan fingerprint density at radius 2 is 1.59 bits per heavy atom. The van der Waals surface area contributed by atoms with Crippen LogP contribution < -0.4 is 34.5 Å². The Balaban J connectivity index is 0.00000240. The maximum Gasteiger partial charge on any atom is 0.328 e. The molecule has 29 heavy (non-hydrogen) atoms. The molecule has 0 aromatic heterocycles. The summed E-state index contributed by atoms with van der Waals surface area (Å²) in [5.41, 5.74) is 3.19. The van der Waals surface area contributed by atoms with Gasteiger partial charge in [0.1, 0.15) is 11.5 Å². The summed E-state index contributed by atoms with van der Waals surface area (Å²) in [6, 6.07) is 20.3. The first-order valence-electron chi connectivity index (χ1n) is 8.43. The predicted octanol–water partition coefficient (Wildman–Crippen LogP) is -0.418. The number of hydrogen-bond donors (Lipinski definition) is 3. The molecule has 3 aromatic rings. The second-order valence-corrected chi connectivity index (χ2v) is 7.01. The quantitative estimate of drug-likeness (QED) is 0.228. The normalized spacial score (nSPS) is 13.1. The number of amides is 1. The van der Waals surface area contributed by atoms with Crippen molar-refractivity contribution in [3.8, 4) is 11.5 Å². The largest absolute Gasteiger partial charge is 1.00 e. The van der Waals surface area contributed by atoms with E-state index in [1.807, 2.05) is 24.3 Å². The number of quaternary nitrogens is 1. The molecule has 0 bridgehead atoms. The van der Waals surface area contributed by atoms with E-state index in [4.69, 9.17) is 0 Å². The van der Waals surface area contributed by atoms with Gasteiger partial charge in [0, 0.05) is 4.47 Å². The first kappa shape index (κ1) is 21.1. The molecule has 1 aliphatic rings. The van der Waals surface area contributed by atoms with E-state index in [1.165, 1.54) is 16.3 Å². The molecule has 9 heteroatoms. The van der Waals surface area contributed by atoms with Gasteiger partial charge in [0.05, 0.1) is 16.8 Å². The first-order valence-corrected chi connectivity index (χ1v) is 9.22. The highest BCUT2D eigenvalue weighted by Gasteiger charge is 2.36. The number of phenols is 2. The summed E-state index contributed by atoms with van der Waals surface area (Å²) in [4.78, 5) is 13.1. The third-order valence-corrected chi connectivity index (χ3v) is 4.74. The van der Waals surface area contributed by atoms with Crippen molar-refractivity contribution in [2.75, 3.05) is 5.12 Å². The maximum absolute atomic E-state index is 13.1. The molecule has 148 valence electrons. The maximum atomic E-state index is 13.1. The van der Waals surface area contributed by atoms with Crippen LogP contribution in [0.3, 0.4) is 0 Å². The summed E-state index contributed by atoms with van der Waals surface area (Å²) < 4.78 is 0.903. The molecule has 0 radical (unpaired) electrons. The number of rotatable bonds is 3. The number of hydrazone groups is 1. The van der Waals surface area contributed by atoms with Gasteiger partial charge in [-0.1, -0.05) is 38.3 Å². The van der Waals surface area contributed by atoms with Gasteiger partial charge in [-0.15, -0.1) is 5.12 Å². The molecule has 0 aliphatic carbocycles. The summed E-state index contributed by atoms with van der Waals surface area (Å²) >= 11 is 3.40. The van der Waals surface area contributed by atoms with Crippen LogP contribution in [0.1, 0.15) is 15.9 Å². The summed E-state index contributed by atoms with van der Waals surface area (Å²) in [6.07, 6.45) is 0. The van der Waals surface area contributed by atoms with E-state index < -0.39 is 5.91 Å². The number of nitrogens with zero attached hydrogens (tertiary/aromatic N) is 3. The summed E-state index contributed by atoms with van der Waals surface area (Å²) in [6.45, 7) is 0. The lowest BCUT2D eigenvalue weighted by Gasteiger charge is -2.22. The zero-order valence-electron chi connectivity index (χ0n) is 14.9. The van der Waals surface area contributed by atoms with Crippen LogP contribution in [0.15, 0.2) is 82.4 Å². The van der Waals surface area contributed by atoms with Crippen molar-refractivity contribution < 1.29 is 44.4 Å². The number of halogens is 2. The number of amidine groups is 1. The number of phenolic OH excluding ortho intramolecular Hbond substituents is 2. The lowest BCUT2D eigenvalue weighted by atomic mass is 10.2. The zero-order chi connectivity index (χ0) is 19.7. The van der Waals surface area contributed by atoms with Crippen molar-refractivity contribution in [1.29, 1.82) is 0 Å². The monoisotopic (exact) mass is 566 g/mol. The molecule has 1 amide bonds. The molecule has 0 unspecified atom stereocenters. The van der Waals surface area contributed by atoms with Gasteiger partial charge in [0.2, 0.25) is 0 Å². The SMILES string of the molecule is O=C(c1ccccc1O)N1[NH2+]C(c2ccc(O)cc2)=NN1c1ccc(Br)cc1.[I-]. The van der Waals surface area contributed by atoms with Crippen molar-refractivity contribution in [1.82, 2.24) is 5.12 Å². The second-order valence-electron chi connectivity index (χ2n) is 6.09. The van der Waals surface area contributed by atoms with E-state index in [9.17, 15) is 15.0 Å². The fraction of sp³-hybridized carbons (Fsp3) is 0. The Morgan fingerprint density at radius 1 is 0.931 bits per heavy atom. The van der Waals surface area contributed by atoms with Crippen LogP contribution in [0, 0.1) is 0 Å². The third-order valence-electron chi connectivity index (χ3n) is 4.21. The molecule has 1 heterocycles. The average Bonchev–Trinajstić information content (AvgIpc) is 3.14. The van der Waals surface area contributed by atoms with Crippen molar-refractivity contribution in [2.24, 2.45) is 5.10 Å². The molecular weight excluding hydrogens is 551 g/mol. The van der Waals surface area contributed by atoms with Gasteiger partial charge in [-0.3, -0.25) is 4.79 Å². The van der Waals surface area contributed by atoms with Gasteiger partial charge in [-0.25, -0.2) is 0 Å². The Bertz CT molecular complexity index is 1060. The fourth-order valence-electron chi connectivity index (χ4n) is 2.79. The van der Waals surface area contributed by atoms with Crippen molar-refractivity contribution in [2.45, 2.75) is 0 Å². The minimum Gasteiger partial charge on any atom is -1.00 e. The van der Waals surface area contributed by atoms with Crippen LogP contribution in [0.2, 0.25) is 0 Å². The molecule has 3 aromatic carbocycles. The van der Waals surface area contributed by atoms with Crippen LogP contribution in [0.5, 0.6) is 11.5 Å². The number of nitrogens with two attached hydrogens (primary N) is 1. The molecule has 1 aliphatic heterocycles. The number of aromatic hydroxyl groups is 2. The van der Waals surface area contributed by atoms with Crippen LogP contribution in [-0.2, 0) is 0 Å². The molecule has 0 saturated carbocycles. The molecule has 0 saturated heterocycles. The smallest absolute Gasteiger partial charge is 0.328 e. The summed E-state index contributed by atoms with van der Waals surface area (Å²) in [5, 5.41) is 27.0. The predicted molar refractivity (Wildman–Crippen MR) is 107 cm³/mol. The van der Waals surface area contributed by atoms with E-state index >= 15 is 0 Å². The molecule has 0 fully saturated rings. The lowest BCUT2D eigenvalue weighted by Crippen LogP contribution is -3.00. The van der Waals surface area contributed by atoms with E-state index in [2.05, 4.69) is 21.0 Å². The van der Waals surface area contributed by atoms with Gasteiger partial charge in [-0.05, 0) is 60.7 Å². The molecule has 0 atom stereocenters. The standard InChI is InChI=1S/C20H15BrN4O3.HI/c21-14-7-9-15(10-8-14)24-22-19(13-5-11-16(26)12-6-13)23-25(24)20(28)17-3-1-2-4-18(17)27;/h1-12,26-27H,(H,22,23);1H. The summed E-state index contributed by atoms with van der Waals surface area (Å²) in [7, 11) is 0. The number of hydrazine groups is 1. The van der Waals surface area contributed by atoms with Crippen molar-refractivity contribution in [3.05, 3.63) is 88.4 Å². The molecule has 4 rings (SSSR count). The highest BCUT2D eigenvalue weighted by atomic mass is 127. The second kappa shape index (κ2) is 8.80. The van der Waals surface area contributed by atoms with Crippen molar-refractivity contribution >= 4 is 33.4 Å². The van der Waals surface area contributed by atoms with Crippen molar-refractivity contribution in [3.63, 3.8) is 0 Å². The van der Waals surface area contributed by atoms with E-state index in [1.54, 1.807) is 47.9 Å². The Kier molecular flexibility index (Phi) is 6.40. The Morgan fingerprint density at radius 3 is 2.24 bits per heavy atom. The van der Waals surface area contributed by atoms with Crippen LogP contribution in [0.4, 0.5) is 5.69 Å². The van der Waals surface area contributed by atoms with Crippen LogP contribution in [-0.4, -0.2) is 27.1 Å². The van der Waals surface area contributed by atoms with Gasteiger partial charge in [-0.2, -0.15) is 5.43 Å². The minimum absolute atomic E-state index is 0. The number of carbonyl (C=O) groups is 1. The highest BCUT2D eigenvalue weighted by molar-refractivity contribution is 9.10. The van der Waals surface area contributed by atoms with Gasteiger partial charge < -0.3 is 34.2 Å². The molecule has 7 nitrogen and oxygen atoms in total. The van der Waals surface area contributed by atoms with Crippen LogP contribution in [0.25, 0.3) is 0 Å². The average molecular weight is 567 g/mol. The summed E-state index contributed by atoms with van der Waals surface area (Å²) in [5.74, 6) is 0.175. The van der Waals surface area contributed by atoms with E-state index in [0.29, 0.717) is 11.5 Å². The minimum atomic E-state index is -0.418. The number of hydrogen-bond acceptors (Lipinski definition) is 5. The van der Waals surface area contributed by atoms with E-state index in [-0.39, 0.29) is 41.0 Å². The Labute approximate surface area is 192 Å². The Hall–Kier alpha value is -2.63. The number of benzene rings is 3. The molecule has 0 spiro atoms.